The first kappa shape index (κ1) is 7.90. The second kappa shape index (κ2) is 2.81. The van der Waals surface area contributed by atoms with Crippen LogP contribution in [0.25, 0.3) is 0 Å². The Morgan fingerprint density at radius 2 is 2.09 bits per heavy atom. The Balaban J connectivity index is 2.64. The number of ether oxygens (including phenoxy) is 1. The van der Waals surface area contributed by atoms with Crippen LogP contribution in [0.1, 0.15) is 6.42 Å². The van der Waals surface area contributed by atoms with Crippen LogP contribution in [0.2, 0.25) is 0 Å². The predicted octanol–water partition coefficient (Wildman–Crippen LogP) is -1.30. The van der Waals surface area contributed by atoms with Gasteiger partial charge in [0.2, 0.25) is 0 Å². The minimum Gasteiger partial charge on any atom is -0.386 e. The molecule has 2 N–H and O–H groups in total. The van der Waals surface area contributed by atoms with Gasteiger partial charge in [-0.2, -0.15) is 0 Å². The lowest BCUT2D eigenvalue weighted by atomic mass is 10.2. The summed E-state index contributed by atoms with van der Waals surface area (Å²) in [6.07, 6.45) is -0.952. The summed E-state index contributed by atoms with van der Waals surface area (Å²) in [5.74, 6) is -1.56. The Morgan fingerprint density at radius 1 is 1.45 bits per heavy atom. The van der Waals surface area contributed by atoms with Crippen molar-refractivity contribution in [2.45, 2.75) is 12.7 Å². The predicted molar refractivity (Wildman–Crippen MR) is 32.0 cm³/mol. The first-order valence-electron chi connectivity index (χ1n) is 2.92. The van der Waals surface area contributed by atoms with E-state index in [1.54, 1.807) is 0 Å². The van der Waals surface area contributed by atoms with Gasteiger partial charge in [0.05, 0.1) is 0 Å². The SMILES string of the molecule is O=C1C=C(CC(O)O)C(=O)O1. The number of aliphatic hydroxyl groups is 2. The van der Waals surface area contributed by atoms with Crippen molar-refractivity contribution in [3.63, 3.8) is 0 Å². The van der Waals surface area contributed by atoms with E-state index in [1.165, 1.54) is 0 Å². The van der Waals surface area contributed by atoms with Crippen molar-refractivity contribution in [3.8, 4) is 0 Å². The van der Waals surface area contributed by atoms with E-state index in [2.05, 4.69) is 4.74 Å². The van der Waals surface area contributed by atoms with Gasteiger partial charge in [-0.25, -0.2) is 9.59 Å². The van der Waals surface area contributed by atoms with Crippen LogP contribution in [0, 0.1) is 0 Å². The molecule has 0 fully saturated rings. The average molecular weight is 158 g/mol. The molecule has 0 saturated carbocycles. The number of rotatable bonds is 2. The van der Waals surface area contributed by atoms with E-state index < -0.39 is 18.2 Å². The average Bonchev–Trinajstić information content (AvgIpc) is 2.09. The Labute approximate surface area is 61.9 Å². The highest BCUT2D eigenvalue weighted by Crippen LogP contribution is 2.12. The third-order valence-electron chi connectivity index (χ3n) is 1.15. The van der Waals surface area contributed by atoms with E-state index in [1.807, 2.05) is 0 Å². The standard InChI is InChI=1S/C6H6O5/c7-4(8)1-3-2-5(9)11-6(3)10/h2,4,7-8H,1H2. The molecule has 0 aromatic carbocycles. The highest BCUT2D eigenvalue weighted by molar-refractivity contribution is 6.08. The molecule has 0 saturated heterocycles. The monoisotopic (exact) mass is 158 g/mol. The van der Waals surface area contributed by atoms with E-state index in [4.69, 9.17) is 10.2 Å². The summed E-state index contributed by atoms with van der Waals surface area (Å²) in [6.45, 7) is 0. The van der Waals surface area contributed by atoms with E-state index in [0.29, 0.717) is 0 Å². The Morgan fingerprint density at radius 3 is 2.45 bits per heavy atom. The van der Waals surface area contributed by atoms with Gasteiger partial charge in [0.1, 0.15) is 0 Å². The van der Waals surface area contributed by atoms with Crippen LogP contribution in [0.15, 0.2) is 11.6 Å². The molecule has 0 atom stereocenters. The first-order chi connectivity index (χ1) is 5.09. The van der Waals surface area contributed by atoms with Gasteiger partial charge < -0.3 is 14.9 Å². The van der Waals surface area contributed by atoms with Crippen LogP contribution in [0.4, 0.5) is 0 Å². The third-order valence-corrected chi connectivity index (χ3v) is 1.15. The summed E-state index contributed by atoms with van der Waals surface area (Å²) in [5.41, 5.74) is -0.00926. The summed E-state index contributed by atoms with van der Waals surface area (Å²) in [7, 11) is 0. The Hall–Kier alpha value is -1.20. The molecule has 0 aromatic heterocycles. The summed E-state index contributed by atoms with van der Waals surface area (Å²) in [4.78, 5) is 20.9. The maximum atomic E-state index is 10.6. The van der Waals surface area contributed by atoms with Gasteiger partial charge in [0.25, 0.3) is 0 Å². The van der Waals surface area contributed by atoms with Crippen LogP contribution in [-0.4, -0.2) is 28.4 Å². The van der Waals surface area contributed by atoms with Crippen LogP contribution in [0.5, 0.6) is 0 Å². The molecular weight excluding hydrogens is 152 g/mol. The van der Waals surface area contributed by atoms with E-state index >= 15 is 0 Å². The number of carbonyl (C=O) groups is 2. The molecule has 0 bridgehead atoms. The fourth-order valence-electron chi connectivity index (χ4n) is 0.727. The van der Waals surface area contributed by atoms with Crippen LogP contribution in [0.3, 0.4) is 0 Å². The topological polar surface area (TPSA) is 83.8 Å². The molecular formula is C6H6O5. The van der Waals surface area contributed by atoms with Gasteiger partial charge in [-0.15, -0.1) is 0 Å². The van der Waals surface area contributed by atoms with E-state index in [0.717, 1.165) is 6.08 Å². The normalized spacial score (nSPS) is 17.2. The van der Waals surface area contributed by atoms with Crippen molar-refractivity contribution in [3.05, 3.63) is 11.6 Å². The van der Waals surface area contributed by atoms with Crippen molar-refractivity contribution in [1.29, 1.82) is 0 Å². The second-order valence-electron chi connectivity index (χ2n) is 2.06. The summed E-state index contributed by atoms with van der Waals surface area (Å²) < 4.78 is 4.08. The molecule has 0 aliphatic carbocycles. The maximum Gasteiger partial charge on any atom is 0.342 e. The van der Waals surface area contributed by atoms with Crippen molar-refractivity contribution in [2.24, 2.45) is 0 Å². The van der Waals surface area contributed by atoms with E-state index in [-0.39, 0.29) is 12.0 Å². The van der Waals surface area contributed by atoms with Gasteiger partial charge in [0.15, 0.2) is 6.29 Å². The minimum atomic E-state index is -1.63. The molecule has 1 aliphatic heterocycles. The minimum absolute atomic E-state index is 0.00926. The number of esters is 2. The quantitative estimate of drug-likeness (QED) is 0.296. The third kappa shape index (κ3) is 1.86. The van der Waals surface area contributed by atoms with Crippen molar-refractivity contribution in [1.82, 2.24) is 0 Å². The number of aliphatic hydroxyl groups excluding tert-OH is 1. The molecule has 1 rings (SSSR count). The fourth-order valence-corrected chi connectivity index (χ4v) is 0.727. The number of hydrogen-bond donors (Lipinski definition) is 2. The zero-order valence-electron chi connectivity index (χ0n) is 5.48. The highest BCUT2D eigenvalue weighted by Gasteiger charge is 2.24. The van der Waals surface area contributed by atoms with Gasteiger partial charge in [-0.1, -0.05) is 0 Å². The maximum absolute atomic E-state index is 10.6. The molecule has 5 nitrogen and oxygen atoms in total. The Kier molecular flexibility index (Phi) is 2.02. The zero-order chi connectivity index (χ0) is 8.43. The largest absolute Gasteiger partial charge is 0.386 e. The van der Waals surface area contributed by atoms with Gasteiger partial charge in [0, 0.05) is 18.1 Å². The molecule has 1 heterocycles. The summed E-state index contributed by atoms with van der Waals surface area (Å²) in [5, 5.41) is 16.8. The zero-order valence-corrected chi connectivity index (χ0v) is 5.48. The van der Waals surface area contributed by atoms with Crippen molar-refractivity contribution < 1.29 is 24.5 Å². The number of carbonyl (C=O) groups excluding carboxylic acids is 2. The number of hydrogen-bond acceptors (Lipinski definition) is 5. The van der Waals surface area contributed by atoms with Crippen molar-refractivity contribution >= 4 is 11.9 Å². The summed E-state index contributed by atoms with van der Waals surface area (Å²) in [6, 6.07) is 0. The van der Waals surface area contributed by atoms with Gasteiger partial charge >= 0.3 is 11.9 Å². The van der Waals surface area contributed by atoms with E-state index in [9.17, 15) is 9.59 Å². The van der Waals surface area contributed by atoms with Crippen LogP contribution >= 0.6 is 0 Å². The molecule has 0 aromatic rings. The van der Waals surface area contributed by atoms with Crippen LogP contribution in [-0.2, 0) is 14.3 Å². The molecule has 60 valence electrons. The summed E-state index contributed by atoms with van der Waals surface area (Å²) >= 11 is 0. The highest BCUT2D eigenvalue weighted by atomic mass is 16.6. The van der Waals surface area contributed by atoms with Gasteiger partial charge in [-0.05, 0) is 0 Å². The first-order valence-corrected chi connectivity index (χ1v) is 2.92. The molecule has 5 heteroatoms. The lowest BCUT2D eigenvalue weighted by molar-refractivity contribution is -0.151. The Bertz CT molecular complexity index is 227. The molecule has 0 unspecified atom stereocenters. The van der Waals surface area contributed by atoms with Crippen molar-refractivity contribution in [2.75, 3.05) is 0 Å². The number of cyclic esters (lactones) is 2. The molecule has 0 radical (unpaired) electrons. The smallest absolute Gasteiger partial charge is 0.342 e. The van der Waals surface area contributed by atoms with Crippen LogP contribution < -0.4 is 0 Å². The lowest BCUT2D eigenvalue weighted by Gasteiger charge is -1.99. The molecule has 0 amide bonds. The molecule has 11 heavy (non-hydrogen) atoms. The molecule has 0 spiro atoms. The second-order valence-corrected chi connectivity index (χ2v) is 2.06. The fraction of sp³-hybridized carbons (Fsp3) is 0.333. The molecule has 1 aliphatic rings. The van der Waals surface area contributed by atoms with Gasteiger partial charge in [-0.3, -0.25) is 0 Å². The lowest BCUT2D eigenvalue weighted by Crippen LogP contribution is -2.09.